The summed E-state index contributed by atoms with van der Waals surface area (Å²) in [6.07, 6.45) is 5.09. The third kappa shape index (κ3) is 4.02. The zero-order chi connectivity index (χ0) is 12.0. The van der Waals surface area contributed by atoms with Gasteiger partial charge in [0, 0.05) is 12.7 Å². The molecule has 90 valence electrons. The van der Waals surface area contributed by atoms with Gasteiger partial charge in [-0.05, 0) is 24.8 Å². The maximum Gasteiger partial charge on any atom is 0.254 e. The number of hydrogen-bond acceptors (Lipinski definition) is 3. The molecule has 0 saturated carbocycles. The van der Waals surface area contributed by atoms with Gasteiger partial charge in [-0.15, -0.1) is 0 Å². The molecule has 0 saturated heterocycles. The van der Waals surface area contributed by atoms with Crippen LogP contribution in [0.25, 0.3) is 0 Å². The Labute approximate surface area is 95.8 Å². The summed E-state index contributed by atoms with van der Waals surface area (Å²) in [5, 5.41) is 9.24. The average Bonchev–Trinajstić information content (AvgIpc) is 2.77. The van der Waals surface area contributed by atoms with Gasteiger partial charge >= 0.3 is 0 Å². The molecule has 0 atom stereocenters. The van der Waals surface area contributed by atoms with Gasteiger partial charge in [-0.2, -0.15) is 5.10 Å². The summed E-state index contributed by atoms with van der Waals surface area (Å²) >= 11 is 0. The van der Waals surface area contributed by atoms with Crippen LogP contribution >= 0.6 is 0 Å². The topological polar surface area (TPSA) is 83.8 Å². The number of nitrogens with one attached hydrogen (secondary N) is 2. The molecule has 0 spiro atoms. The van der Waals surface area contributed by atoms with Gasteiger partial charge < -0.3 is 11.1 Å². The number of amides is 1. The second kappa shape index (κ2) is 5.65. The molecule has 0 unspecified atom stereocenters. The Morgan fingerprint density at radius 3 is 2.94 bits per heavy atom. The van der Waals surface area contributed by atoms with E-state index in [2.05, 4.69) is 29.4 Å². The largest absolute Gasteiger partial charge is 0.351 e. The number of hydrogen-bond donors (Lipinski definition) is 3. The van der Waals surface area contributed by atoms with Crippen LogP contribution in [0.1, 0.15) is 37.0 Å². The van der Waals surface area contributed by atoms with Crippen molar-refractivity contribution in [3.05, 3.63) is 18.0 Å². The lowest BCUT2D eigenvalue weighted by molar-refractivity contribution is 0.0934. The highest BCUT2D eigenvalue weighted by Crippen LogP contribution is 2.20. The Balaban J connectivity index is 2.36. The van der Waals surface area contributed by atoms with Gasteiger partial charge in [0.1, 0.15) is 0 Å². The molecule has 0 aliphatic heterocycles. The molecular weight excluding hydrogens is 204 g/mol. The van der Waals surface area contributed by atoms with Gasteiger partial charge in [-0.1, -0.05) is 13.8 Å². The van der Waals surface area contributed by atoms with Crippen molar-refractivity contribution in [1.29, 1.82) is 0 Å². The summed E-state index contributed by atoms with van der Waals surface area (Å²) in [5.74, 6) is -0.0884. The zero-order valence-electron chi connectivity index (χ0n) is 9.92. The molecule has 1 rings (SSSR count). The predicted octanol–water partition coefficient (Wildman–Crippen LogP) is 0.905. The standard InChI is InChI=1S/C11H20N4O/c1-11(2,4-3-5-12)8-13-10(16)9-6-14-15-7-9/h6-7H,3-5,8,12H2,1-2H3,(H,13,16)(H,14,15). The average molecular weight is 224 g/mol. The third-order valence-electron chi connectivity index (χ3n) is 2.55. The summed E-state index contributed by atoms with van der Waals surface area (Å²) < 4.78 is 0. The van der Waals surface area contributed by atoms with E-state index in [1.54, 1.807) is 6.20 Å². The molecule has 16 heavy (non-hydrogen) atoms. The molecule has 1 aromatic rings. The Morgan fingerprint density at radius 1 is 1.62 bits per heavy atom. The van der Waals surface area contributed by atoms with Crippen molar-refractivity contribution >= 4 is 5.91 Å². The Hall–Kier alpha value is -1.36. The SMILES string of the molecule is CC(C)(CCCN)CNC(=O)c1cn[nH]c1. The Bertz CT molecular complexity index is 319. The molecule has 0 bridgehead atoms. The predicted molar refractivity (Wildman–Crippen MR) is 63.0 cm³/mol. The minimum Gasteiger partial charge on any atom is -0.351 e. The van der Waals surface area contributed by atoms with E-state index >= 15 is 0 Å². The van der Waals surface area contributed by atoms with Crippen LogP contribution in [0.15, 0.2) is 12.4 Å². The van der Waals surface area contributed by atoms with E-state index in [4.69, 9.17) is 5.73 Å². The Kier molecular flexibility index (Phi) is 4.49. The van der Waals surface area contributed by atoms with E-state index in [1.807, 2.05) is 0 Å². The fraction of sp³-hybridized carbons (Fsp3) is 0.636. The summed E-state index contributed by atoms with van der Waals surface area (Å²) in [5.41, 5.74) is 6.12. The molecule has 0 fully saturated rings. The number of H-pyrrole nitrogens is 1. The van der Waals surface area contributed by atoms with E-state index in [0.717, 1.165) is 12.8 Å². The second-order valence-electron chi connectivity index (χ2n) is 4.73. The molecule has 4 N–H and O–H groups in total. The van der Waals surface area contributed by atoms with E-state index < -0.39 is 0 Å². The van der Waals surface area contributed by atoms with Crippen molar-refractivity contribution in [3.8, 4) is 0 Å². The summed E-state index contributed by atoms with van der Waals surface area (Å²) in [4.78, 5) is 11.6. The minimum atomic E-state index is -0.0884. The summed E-state index contributed by atoms with van der Waals surface area (Å²) in [6.45, 7) is 5.59. The van der Waals surface area contributed by atoms with E-state index in [-0.39, 0.29) is 11.3 Å². The molecule has 0 aromatic carbocycles. The number of carbonyl (C=O) groups excluding carboxylic acids is 1. The highest BCUT2D eigenvalue weighted by atomic mass is 16.1. The molecular formula is C11H20N4O. The first-order valence-electron chi connectivity index (χ1n) is 5.52. The van der Waals surface area contributed by atoms with Crippen molar-refractivity contribution in [3.63, 3.8) is 0 Å². The van der Waals surface area contributed by atoms with Crippen molar-refractivity contribution in [2.45, 2.75) is 26.7 Å². The van der Waals surface area contributed by atoms with Crippen molar-refractivity contribution in [1.82, 2.24) is 15.5 Å². The highest BCUT2D eigenvalue weighted by Gasteiger charge is 2.18. The molecule has 0 radical (unpaired) electrons. The van der Waals surface area contributed by atoms with Crippen molar-refractivity contribution < 1.29 is 4.79 Å². The number of rotatable bonds is 6. The van der Waals surface area contributed by atoms with Crippen molar-refractivity contribution in [2.24, 2.45) is 11.1 Å². The second-order valence-corrected chi connectivity index (χ2v) is 4.73. The van der Waals surface area contributed by atoms with Crippen LogP contribution in [0.2, 0.25) is 0 Å². The number of aromatic amines is 1. The maximum atomic E-state index is 11.6. The minimum absolute atomic E-state index is 0.0821. The number of carbonyl (C=O) groups is 1. The molecule has 1 heterocycles. The number of aromatic nitrogens is 2. The Morgan fingerprint density at radius 2 is 2.38 bits per heavy atom. The first-order valence-corrected chi connectivity index (χ1v) is 5.52. The molecule has 1 aromatic heterocycles. The number of nitrogens with zero attached hydrogens (tertiary/aromatic N) is 1. The molecule has 0 aliphatic carbocycles. The van der Waals surface area contributed by atoms with E-state index in [0.29, 0.717) is 18.7 Å². The van der Waals surface area contributed by atoms with Crippen LogP contribution in [0.3, 0.4) is 0 Å². The summed E-state index contributed by atoms with van der Waals surface area (Å²) in [6, 6.07) is 0. The van der Waals surface area contributed by atoms with Gasteiger partial charge in [0.2, 0.25) is 0 Å². The quantitative estimate of drug-likeness (QED) is 0.671. The van der Waals surface area contributed by atoms with Crippen LogP contribution in [-0.2, 0) is 0 Å². The van der Waals surface area contributed by atoms with Gasteiger partial charge in [0.15, 0.2) is 0 Å². The van der Waals surface area contributed by atoms with Crippen LogP contribution < -0.4 is 11.1 Å². The highest BCUT2D eigenvalue weighted by molar-refractivity contribution is 5.93. The lowest BCUT2D eigenvalue weighted by Crippen LogP contribution is -2.34. The van der Waals surface area contributed by atoms with Crippen LogP contribution in [0, 0.1) is 5.41 Å². The zero-order valence-corrected chi connectivity index (χ0v) is 9.92. The smallest absolute Gasteiger partial charge is 0.254 e. The normalized spacial score (nSPS) is 11.4. The molecule has 5 nitrogen and oxygen atoms in total. The fourth-order valence-corrected chi connectivity index (χ4v) is 1.47. The lowest BCUT2D eigenvalue weighted by atomic mass is 9.87. The van der Waals surface area contributed by atoms with Crippen LogP contribution in [0.4, 0.5) is 0 Å². The molecule has 1 amide bonds. The van der Waals surface area contributed by atoms with E-state index in [9.17, 15) is 4.79 Å². The third-order valence-corrected chi connectivity index (χ3v) is 2.55. The van der Waals surface area contributed by atoms with Gasteiger partial charge in [0.05, 0.1) is 11.8 Å². The van der Waals surface area contributed by atoms with Gasteiger partial charge in [-0.3, -0.25) is 9.89 Å². The molecule has 5 heteroatoms. The summed E-state index contributed by atoms with van der Waals surface area (Å²) in [7, 11) is 0. The van der Waals surface area contributed by atoms with Crippen LogP contribution in [-0.4, -0.2) is 29.2 Å². The fourth-order valence-electron chi connectivity index (χ4n) is 1.47. The van der Waals surface area contributed by atoms with Gasteiger partial charge in [0.25, 0.3) is 5.91 Å². The van der Waals surface area contributed by atoms with Crippen molar-refractivity contribution in [2.75, 3.05) is 13.1 Å². The lowest BCUT2D eigenvalue weighted by Gasteiger charge is -2.24. The first-order chi connectivity index (χ1) is 7.55. The maximum absolute atomic E-state index is 11.6. The monoisotopic (exact) mass is 224 g/mol. The first kappa shape index (κ1) is 12.7. The van der Waals surface area contributed by atoms with Crippen LogP contribution in [0.5, 0.6) is 0 Å². The van der Waals surface area contributed by atoms with Gasteiger partial charge in [-0.25, -0.2) is 0 Å². The molecule has 0 aliphatic rings. The van der Waals surface area contributed by atoms with E-state index in [1.165, 1.54) is 6.20 Å². The number of nitrogens with two attached hydrogens (primary N) is 1.